The summed E-state index contributed by atoms with van der Waals surface area (Å²) in [5.74, 6) is 5.95. The van der Waals surface area contributed by atoms with Crippen LogP contribution in [0.15, 0.2) is 12.3 Å². The van der Waals surface area contributed by atoms with E-state index >= 15 is 0 Å². The smallest absolute Gasteiger partial charge is 0.402 e. The predicted octanol–water partition coefficient (Wildman–Crippen LogP) is 0.585. The van der Waals surface area contributed by atoms with Crippen LogP contribution in [-0.2, 0) is 9.31 Å². The van der Waals surface area contributed by atoms with E-state index in [9.17, 15) is 0 Å². The predicted molar refractivity (Wildman–Crippen MR) is 67.9 cm³/mol. The van der Waals surface area contributed by atoms with Crippen LogP contribution in [0.4, 0.5) is 5.82 Å². The maximum absolute atomic E-state index is 5.89. The number of aromatic nitrogens is 1. The second-order valence-electron chi connectivity index (χ2n) is 4.90. The Balaban J connectivity index is 2.25. The molecule has 0 bridgehead atoms. The first-order valence-corrected chi connectivity index (χ1v) is 5.70. The van der Waals surface area contributed by atoms with Gasteiger partial charge in [0.2, 0.25) is 0 Å². The summed E-state index contributed by atoms with van der Waals surface area (Å²) in [6, 6.07) is 1.87. The van der Waals surface area contributed by atoms with Crippen molar-refractivity contribution in [2.24, 2.45) is 5.84 Å². The zero-order valence-electron chi connectivity index (χ0n) is 10.7. The van der Waals surface area contributed by atoms with E-state index in [0.29, 0.717) is 5.82 Å². The van der Waals surface area contributed by atoms with Crippen LogP contribution in [0.2, 0.25) is 0 Å². The van der Waals surface area contributed by atoms with Crippen molar-refractivity contribution in [3.05, 3.63) is 17.8 Å². The Labute approximate surface area is 102 Å². The van der Waals surface area contributed by atoms with Crippen LogP contribution in [0.1, 0.15) is 26.3 Å². The first kappa shape index (κ1) is 12.4. The molecule has 2 rings (SSSR count). The largest absolute Gasteiger partial charge is 0.496 e. The molecule has 2 heterocycles. The summed E-state index contributed by atoms with van der Waals surface area (Å²) < 4.78 is 11.7. The number of hydrogen-bond donors (Lipinski definition) is 2. The van der Waals surface area contributed by atoms with E-state index in [1.807, 2.05) is 33.8 Å². The zero-order valence-corrected chi connectivity index (χ0v) is 10.7. The molecule has 5 nitrogen and oxygen atoms in total. The molecular formula is C11H18BN3O2. The first-order valence-electron chi connectivity index (χ1n) is 5.70. The van der Waals surface area contributed by atoms with Crippen molar-refractivity contribution in [3.63, 3.8) is 0 Å². The van der Waals surface area contributed by atoms with Crippen molar-refractivity contribution in [2.75, 3.05) is 5.43 Å². The number of anilines is 1. The third-order valence-electron chi connectivity index (χ3n) is 3.27. The summed E-state index contributed by atoms with van der Waals surface area (Å²) in [7, 11) is -0.348. The molecule has 92 valence electrons. The van der Waals surface area contributed by atoms with Crippen LogP contribution in [0, 0.1) is 6.92 Å². The third-order valence-corrected chi connectivity index (χ3v) is 3.27. The molecule has 0 saturated carbocycles. The number of pyridine rings is 1. The lowest BCUT2D eigenvalue weighted by Crippen LogP contribution is -2.36. The average Bonchev–Trinajstić information content (AvgIpc) is 2.53. The fourth-order valence-corrected chi connectivity index (χ4v) is 1.78. The summed E-state index contributed by atoms with van der Waals surface area (Å²) in [5.41, 5.74) is 4.23. The number of hydrazine groups is 1. The van der Waals surface area contributed by atoms with Gasteiger partial charge in [0.15, 0.2) is 0 Å². The highest BCUT2D eigenvalue weighted by atomic mass is 16.7. The van der Waals surface area contributed by atoms with E-state index in [4.69, 9.17) is 15.2 Å². The molecule has 1 aromatic heterocycles. The van der Waals surface area contributed by atoms with Gasteiger partial charge in [-0.05, 0) is 39.3 Å². The van der Waals surface area contributed by atoms with Gasteiger partial charge in [-0.3, -0.25) is 0 Å². The summed E-state index contributed by atoms with van der Waals surface area (Å²) >= 11 is 0. The molecule has 1 aromatic rings. The van der Waals surface area contributed by atoms with Crippen molar-refractivity contribution in [2.45, 2.75) is 39.4 Å². The van der Waals surface area contributed by atoms with Crippen LogP contribution >= 0.6 is 0 Å². The molecule has 1 saturated heterocycles. The van der Waals surface area contributed by atoms with Crippen LogP contribution in [0.5, 0.6) is 0 Å². The topological polar surface area (TPSA) is 69.4 Å². The minimum absolute atomic E-state index is 0.0548. The molecule has 1 aliphatic heterocycles. The van der Waals surface area contributed by atoms with E-state index in [1.165, 1.54) is 0 Å². The van der Waals surface area contributed by atoms with Crippen LogP contribution < -0.4 is 16.7 Å². The van der Waals surface area contributed by atoms with Gasteiger partial charge in [0, 0.05) is 11.7 Å². The highest BCUT2D eigenvalue weighted by Crippen LogP contribution is 2.27. The number of aryl methyl sites for hydroxylation is 1. The molecule has 0 radical (unpaired) electrons. The number of hydrogen-bond acceptors (Lipinski definition) is 5. The van der Waals surface area contributed by atoms with Crippen molar-refractivity contribution < 1.29 is 9.31 Å². The molecule has 0 spiro atoms. The summed E-state index contributed by atoms with van der Waals surface area (Å²) in [4.78, 5) is 4.18. The van der Waals surface area contributed by atoms with Gasteiger partial charge in [-0.1, -0.05) is 0 Å². The van der Waals surface area contributed by atoms with Gasteiger partial charge in [-0.15, -0.1) is 0 Å². The lowest BCUT2D eigenvalue weighted by atomic mass is 9.77. The van der Waals surface area contributed by atoms with E-state index < -0.39 is 0 Å². The van der Waals surface area contributed by atoms with Crippen LogP contribution in [0.25, 0.3) is 0 Å². The molecule has 6 heteroatoms. The molecule has 0 amide bonds. The van der Waals surface area contributed by atoms with Crippen molar-refractivity contribution in [1.29, 1.82) is 0 Å². The molecule has 0 aliphatic carbocycles. The SMILES string of the molecule is Cc1cc(NN)ncc1B1OC(C)C(C)(C)O1. The Bertz CT molecular complexity index is 425. The van der Waals surface area contributed by atoms with Crippen molar-refractivity contribution in [1.82, 2.24) is 4.98 Å². The molecule has 0 aromatic carbocycles. The molecule has 3 N–H and O–H groups in total. The molecule has 17 heavy (non-hydrogen) atoms. The standard InChI is InChI=1S/C11H18BN3O2/c1-7-5-10(15-13)14-6-9(7)12-16-8(2)11(3,4)17-12/h5-6,8H,13H2,1-4H3,(H,14,15). The minimum Gasteiger partial charge on any atom is -0.402 e. The lowest BCUT2D eigenvalue weighted by Gasteiger charge is -2.21. The Kier molecular flexibility index (Phi) is 3.12. The molecule has 1 unspecified atom stereocenters. The number of nitrogens with one attached hydrogen (secondary N) is 1. The van der Waals surface area contributed by atoms with Crippen molar-refractivity contribution in [3.8, 4) is 0 Å². The fraction of sp³-hybridized carbons (Fsp3) is 0.545. The number of nitrogens with zero attached hydrogens (tertiary/aromatic N) is 1. The van der Waals surface area contributed by atoms with Gasteiger partial charge in [0.05, 0.1) is 11.7 Å². The van der Waals surface area contributed by atoms with E-state index in [1.54, 1.807) is 6.20 Å². The maximum atomic E-state index is 5.89. The maximum Gasteiger partial charge on any atom is 0.496 e. The normalized spacial score (nSPS) is 22.9. The van der Waals surface area contributed by atoms with Gasteiger partial charge in [0.1, 0.15) is 5.82 Å². The molecule has 1 fully saturated rings. The van der Waals surface area contributed by atoms with Crippen molar-refractivity contribution >= 4 is 18.4 Å². The van der Waals surface area contributed by atoms with Gasteiger partial charge in [-0.2, -0.15) is 0 Å². The molecule has 1 atom stereocenters. The number of rotatable bonds is 2. The quantitative estimate of drug-likeness (QED) is 0.446. The fourth-order valence-electron chi connectivity index (χ4n) is 1.78. The Hall–Kier alpha value is -1.11. The highest BCUT2D eigenvalue weighted by molar-refractivity contribution is 6.62. The second kappa shape index (κ2) is 4.29. The highest BCUT2D eigenvalue weighted by Gasteiger charge is 2.44. The summed E-state index contributed by atoms with van der Waals surface area (Å²) in [6.45, 7) is 8.05. The van der Waals surface area contributed by atoms with Crippen LogP contribution in [-0.4, -0.2) is 23.8 Å². The van der Waals surface area contributed by atoms with Gasteiger partial charge in [-0.25, -0.2) is 10.8 Å². The minimum atomic E-state index is -0.348. The third kappa shape index (κ3) is 2.29. The number of nitrogens with two attached hydrogens (primary N) is 1. The van der Waals surface area contributed by atoms with E-state index in [-0.39, 0.29) is 18.8 Å². The van der Waals surface area contributed by atoms with Gasteiger partial charge in [0.25, 0.3) is 0 Å². The van der Waals surface area contributed by atoms with Gasteiger partial charge >= 0.3 is 7.12 Å². The Morgan fingerprint density at radius 1 is 1.53 bits per heavy atom. The lowest BCUT2D eigenvalue weighted by molar-refractivity contribution is 0.0842. The first-order chi connectivity index (χ1) is 7.94. The Morgan fingerprint density at radius 3 is 2.71 bits per heavy atom. The zero-order chi connectivity index (χ0) is 12.6. The van der Waals surface area contributed by atoms with Gasteiger partial charge < -0.3 is 14.7 Å². The molecule has 1 aliphatic rings. The summed E-state index contributed by atoms with van der Waals surface area (Å²) in [6.07, 6.45) is 1.79. The molecular weight excluding hydrogens is 217 g/mol. The van der Waals surface area contributed by atoms with E-state index in [2.05, 4.69) is 10.4 Å². The van der Waals surface area contributed by atoms with Crippen LogP contribution in [0.3, 0.4) is 0 Å². The second-order valence-corrected chi connectivity index (χ2v) is 4.90. The Morgan fingerprint density at radius 2 is 2.24 bits per heavy atom. The van der Waals surface area contributed by atoms with E-state index in [0.717, 1.165) is 11.0 Å². The monoisotopic (exact) mass is 235 g/mol. The average molecular weight is 235 g/mol. The number of nitrogen functional groups attached to an aromatic ring is 1. The summed E-state index contributed by atoms with van der Waals surface area (Å²) in [5, 5.41) is 0.